The van der Waals surface area contributed by atoms with Crippen molar-refractivity contribution in [3.8, 4) is 24.7 Å². The summed E-state index contributed by atoms with van der Waals surface area (Å²) in [6, 6.07) is 3.64. The summed E-state index contributed by atoms with van der Waals surface area (Å²) < 4.78 is 1.70. The third-order valence-corrected chi connectivity index (χ3v) is 2.68. The van der Waals surface area contributed by atoms with Crippen LogP contribution in [-0.2, 0) is 0 Å². The van der Waals surface area contributed by atoms with Gasteiger partial charge in [0.1, 0.15) is 0 Å². The van der Waals surface area contributed by atoms with Gasteiger partial charge in [0.05, 0.1) is 0 Å². The van der Waals surface area contributed by atoms with Gasteiger partial charge in [0.2, 0.25) is 0 Å². The number of rotatable bonds is 0. The first-order valence-electron chi connectivity index (χ1n) is 3.11. The largest absolute Gasteiger partial charge is 0.115 e. The fraction of sp³-hybridized carbons (Fsp3) is 0. The Morgan fingerprint density at radius 3 is 1.50 bits per heavy atom. The predicted octanol–water partition coefficient (Wildman–Crippen LogP) is 3.17. The molecular formula is C10H4Br2. The molecule has 0 aliphatic carbocycles. The Morgan fingerprint density at radius 1 is 0.917 bits per heavy atom. The van der Waals surface area contributed by atoms with Gasteiger partial charge in [-0.25, -0.2) is 0 Å². The van der Waals surface area contributed by atoms with Gasteiger partial charge in [0, 0.05) is 20.1 Å². The second-order valence-corrected chi connectivity index (χ2v) is 3.81. The van der Waals surface area contributed by atoms with E-state index in [1.165, 1.54) is 0 Å². The van der Waals surface area contributed by atoms with Gasteiger partial charge < -0.3 is 0 Å². The smallest absolute Gasteiger partial charge is 0.0396 e. The van der Waals surface area contributed by atoms with Gasteiger partial charge in [-0.3, -0.25) is 0 Å². The average molecular weight is 284 g/mol. The molecule has 0 aromatic heterocycles. The first kappa shape index (κ1) is 9.39. The molecule has 0 fully saturated rings. The third-order valence-electron chi connectivity index (χ3n) is 1.37. The lowest BCUT2D eigenvalue weighted by Crippen LogP contribution is -1.82. The van der Waals surface area contributed by atoms with E-state index in [4.69, 9.17) is 12.8 Å². The van der Waals surface area contributed by atoms with E-state index in [-0.39, 0.29) is 0 Å². The lowest BCUT2D eigenvalue weighted by Gasteiger charge is -2.00. The van der Waals surface area contributed by atoms with Crippen molar-refractivity contribution < 1.29 is 0 Å². The number of halogens is 2. The van der Waals surface area contributed by atoms with E-state index >= 15 is 0 Å². The SMILES string of the molecule is C#Cc1cc(Br)c(C#C)cc1Br. The van der Waals surface area contributed by atoms with E-state index < -0.39 is 0 Å². The van der Waals surface area contributed by atoms with Crippen molar-refractivity contribution in [2.75, 3.05) is 0 Å². The van der Waals surface area contributed by atoms with Gasteiger partial charge >= 0.3 is 0 Å². The predicted molar refractivity (Wildman–Crippen MR) is 57.7 cm³/mol. The number of hydrogen-bond acceptors (Lipinski definition) is 0. The molecule has 1 aromatic carbocycles. The molecule has 0 saturated heterocycles. The maximum atomic E-state index is 5.26. The highest BCUT2D eigenvalue weighted by Gasteiger charge is 2.02. The summed E-state index contributed by atoms with van der Waals surface area (Å²) in [5.74, 6) is 5.08. The summed E-state index contributed by atoms with van der Waals surface area (Å²) in [5.41, 5.74) is 1.58. The van der Waals surface area contributed by atoms with Crippen molar-refractivity contribution in [1.29, 1.82) is 0 Å². The molecule has 0 amide bonds. The molecule has 0 radical (unpaired) electrons. The second kappa shape index (κ2) is 3.81. The maximum Gasteiger partial charge on any atom is 0.0396 e. The molecule has 12 heavy (non-hydrogen) atoms. The van der Waals surface area contributed by atoms with Crippen molar-refractivity contribution in [3.05, 3.63) is 32.2 Å². The Morgan fingerprint density at radius 2 is 1.25 bits per heavy atom. The lowest BCUT2D eigenvalue weighted by molar-refractivity contribution is 1.51. The van der Waals surface area contributed by atoms with Crippen LogP contribution >= 0.6 is 31.9 Å². The highest BCUT2D eigenvalue weighted by molar-refractivity contribution is 9.11. The normalized spacial score (nSPS) is 8.67. The number of terminal acetylenes is 2. The van der Waals surface area contributed by atoms with E-state index in [1.807, 2.05) is 12.1 Å². The lowest BCUT2D eigenvalue weighted by atomic mass is 10.1. The Kier molecular flexibility index (Phi) is 2.98. The average Bonchev–Trinajstić information content (AvgIpc) is 2.08. The zero-order valence-corrected chi connectivity index (χ0v) is 9.24. The maximum absolute atomic E-state index is 5.26. The molecule has 0 aliphatic heterocycles. The van der Waals surface area contributed by atoms with Gasteiger partial charge in [-0.1, -0.05) is 11.8 Å². The minimum absolute atomic E-state index is 0.792. The highest BCUT2D eigenvalue weighted by atomic mass is 79.9. The van der Waals surface area contributed by atoms with E-state index in [0.29, 0.717) is 0 Å². The highest BCUT2D eigenvalue weighted by Crippen LogP contribution is 2.24. The van der Waals surface area contributed by atoms with Crippen LogP contribution in [0.3, 0.4) is 0 Å². The van der Waals surface area contributed by atoms with Gasteiger partial charge in [0.15, 0.2) is 0 Å². The summed E-state index contributed by atoms with van der Waals surface area (Å²) >= 11 is 6.65. The summed E-state index contributed by atoms with van der Waals surface area (Å²) in [7, 11) is 0. The van der Waals surface area contributed by atoms with Crippen molar-refractivity contribution in [1.82, 2.24) is 0 Å². The fourth-order valence-corrected chi connectivity index (χ4v) is 1.68. The molecule has 58 valence electrons. The zero-order valence-electron chi connectivity index (χ0n) is 6.07. The Bertz CT molecular complexity index is 352. The van der Waals surface area contributed by atoms with Crippen LogP contribution < -0.4 is 0 Å². The van der Waals surface area contributed by atoms with Crippen LogP contribution in [0.4, 0.5) is 0 Å². The van der Waals surface area contributed by atoms with Crippen LogP contribution in [0.1, 0.15) is 11.1 Å². The monoisotopic (exact) mass is 282 g/mol. The van der Waals surface area contributed by atoms with Gasteiger partial charge in [-0.15, -0.1) is 12.8 Å². The fourth-order valence-electron chi connectivity index (χ4n) is 0.768. The molecule has 0 saturated carbocycles. The molecular weight excluding hydrogens is 280 g/mol. The van der Waals surface area contributed by atoms with Gasteiger partial charge in [0.25, 0.3) is 0 Å². The molecule has 0 atom stereocenters. The molecule has 0 bridgehead atoms. The van der Waals surface area contributed by atoms with E-state index in [1.54, 1.807) is 0 Å². The van der Waals surface area contributed by atoms with Gasteiger partial charge in [-0.2, -0.15) is 0 Å². The molecule has 0 N–H and O–H groups in total. The Labute approximate surface area is 88.6 Å². The van der Waals surface area contributed by atoms with Crippen molar-refractivity contribution in [3.63, 3.8) is 0 Å². The standard InChI is InChI=1S/C10H4Br2/c1-3-7-5-10(12)8(4-2)6-9(7)11/h1-2,5-6H. The quantitative estimate of drug-likeness (QED) is 0.642. The molecule has 0 heterocycles. The molecule has 0 unspecified atom stereocenters. The molecule has 0 nitrogen and oxygen atoms in total. The minimum Gasteiger partial charge on any atom is -0.115 e. The molecule has 2 heteroatoms. The third kappa shape index (κ3) is 1.72. The Hall–Kier alpha value is -0.700. The zero-order chi connectivity index (χ0) is 9.14. The number of benzene rings is 1. The van der Waals surface area contributed by atoms with Crippen LogP contribution in [0.5, 0.6) is 0 Å². The van der Waals surface area contributed by atoms with Crippen molar-refractivity contribution in [2.24, 2.45) is 0 Å². The van der Waals surface area contributed by atoms with Gasteiger partial charge in [-0.05, 0) is 44.0 Å². The van der Waals surface area contributed by atoms with Crippen molar-refractivity contribution >= 4 is 31.9 Å². The van der Waals surface area contributed by atoms with Crippen LogP contribution in [0.2, 0.25) is 0 Å². The second-order valence-electron chi connectivity index (χ2n) is 2.10. The minimum atomic E-state index is 0.792. The van der Waals surface area contributed by atoms with Crippen molar-refractivity contribution in [2.45, 2.75) is 0 Å². The molecule has 0 spiro atoms. The summed E-state index contributed by atoms with van der Waals surface area (Å²) in [5, 5.41) is 0. The van der Waals surface area contributed by atoms with E-state index in [9.17, 15) is 0 Å². The van der Waals surface area contributed by atoms with E-state index in [2.05, 4.69) is 43.7 Å². The molecule has 1 aromatic rings. The summed E-state index contributed by atoms with van der Waals surface area (Å²) in [4.78, 5) is 0. The van der Waals surface area contributed by atoms with E-state index in [0.717, 1.165) is 20.1 Å². The molecule has 1 rings (SSSR count). The summed E-state index contributed by atoms with van der Waals surface area (Å²) in [6.45, 7) is 0. The Balaban J connectivity index is 3.41. The van der Waals surface area contributed by atoms with Crippen LogP contribution in [0, 0.1) is 24.7 Å². The first-order valence-corrected chi connectivity index (χ1v) is 4.70. The first-order chi connectivity index (χ1) is 5.69. The van der Waals surface area contributed by atoms with Crippen LogP contribution in [0.25, 0.3) is 0 Å². The topological polar surface area (TPSA) is 0 Å². The number of hydrogen-bond donors (Lipinski definition) is 0. The van der Waals surface area contributed by atoms with Crippen LogP contribution in [-0.4, -0.2) is 0 Å². The van der Waals surface area contributed by atoms with Crippen LogP contribution in [0.15, 0.2) is 21.1 Å². The molecule has 0 aliphatic rings. The summed E-state index contributed by atoms with van der Waals surface area (Å²) in [6.07, 6.45) is 10.5.